The van der Waals surface area contributed by atoms with Gasteiger partial charge in [0.15, 0.2) is 0 Å². The second-order valence-electron chi connectivity index (χ2n) is 8.08. The number of carbonyl (C=O) groups is 1. The average Bonchev–Trinajstić information content (AvgIpc) is 2.78. The maximum atomic E-state index is 12.6. The zero-order chi connectivity index (χ0) is 21.7. The van der Waals surface area contributed by atoms with Gasteiger partial charge in [-0.1, -0.05) is 37.3 Å². The second kappa shape index (κ2) is 9.62. The van der Waals surface area contributed by atoms with Crippen LogP contribution in [0, 0.1) is 0 Å². The van der Waals surface area contributed by atoms with Gasteiger partial charge in [0.2, 0.25) is 10.0 Å². The van der Waals surface area contributed by atoms with E-state index in [4.69, 9.17) is 0 Å². The molecule has 30 heavy (non-hydrogen) atoms. The summed E-state index contributed by atoms with van der Waals surface area (Å²) in [6.45, 7) is 8.74. The molecule has 1 N–H and O–H groups in total. The van der Waals surface area contributed by atoms with E-state index in [0.29, 0.717) is 19.6 Å². The summed E-state index contributed by atoms with van der Waals surface area (Å²) >= 11 is 0. The van der Waals surface area contributed by atoms with Crippen molar-refractivity contribution < 1.29 is 13.2 Å². The fourth-order valence-electron chi connectivity index (χ4n) is 3.47. The van der Waals surface area contributed by atoms with Gasteiger partial charge in [-0.3, -0.25) is 4.79 Å². The molecule has 0 aromatic heterocycles. The third kappa shape index (κ3) is 5.40. The zero-order valence-electron chi connectivity index (χ0n) is 17.9. The molecule has 0 radical (unpaired) electrons. The highest BCUT2D eigenvalue weighted by atomic mass is 32.2. The van der Waals surface area contributed by atoms with Crippen molar-refractivity contribution in [3.8, 4) is 0 Å². The third-order valence-corrected chi connectivity index (χ3v) is 7.44. The topological polar surface area (TPSA) is 69.7 Å². The number of amides is 1. The first-order valence-electron chi connectivity index (χ1n) is 10.5. The predicted octanol–water partition coefficient (Wildman–Crippen LogP) is 3.08. The lowest BCUT2D eigenvalue weighted by Gasteiger charge is -2.36. The summed E-state index contributed by atoms with van der Waals surface area (Å²) in [5.41, 5.74) is 2.96. The molecule has 0 saturated carbocycles. The number of piperazine rings is 1. The first-order chi connectivity index (χ1) is 14.3. The molecule has 1 atom stereocenters. The van der Waals surface area contributed by atoms with Gasteiger partial charge in [-0.2, -0.15) is 0 Å². The summed E-state index contributed by atoms with van der Waals surface area (Å²) in [6, 6.07) is 17.7. The standard InChI is InChI=1S/C23H31N3O3S/c1-18(2)30(28,29)24-17-19(3)20-9-11-22(12-10-20)25-13-15-26(16-14-25)23(27)21-7-5-4-6-8-21/h4-12,18-19,24H,13-17H2,1-3H3. The molecule has 162 valence electrons. The van der Waals surface area contributed by atoms with Crippen molar-refractivity contribution in [3.63, 3.8) is 0 Å². The zero-order valence-corrected chi connectivity index (χ0v) is 18.7. The Morgan fingerprint density at radius 2 is 1.53 bits per heavy atom. The number of anilines is 1. The van der Waals surface area contributed by atoms with Gasteiger partial charge in [0.05, 0.1) is 5.25 Å². The lowest BCUT2D eigenvalue weighted by Crippen LogP contribution is -2.48. The van der Waals surface area contributed by atoms with Crippen LogP contribution in [0.3, 0.4) is 0 Å². The van der Waals surface area contributed by atoms with E-state index in [2.05, 4.69) is 33.9 Å². The first kappa shape index (κ1) is 22.3. The molecule has 2 aromatic carbocycles. The maximum absolute atomic E-state index is 12.6. The quantitative estimate of drug-likeness (QED) is 0.734. The Hall–Kier alpha value is -2.38. The van der Waals surface area contributed by atoms with Crippen molar-refractivity contribution in [2.24, 2.45) is 0 Å². The van der Waals surface area contributed by atoms with E-state index in [0.717, 1.165) is 29.9 Å². The van der Waals surface area contributed by atoms with E-state index >= 15 is 0 Å². The van der Waals surface area contributed by atoms with Gasteiger partial charge >= 0.3 is 0 Å². The van der Waals surface area contributed by atoms with E-state index < -0.39 is 15.3 Å². The minimum atomic E-state index is -3.25. The van der Waals surface area contributed by atoms with Gasteiger partial charge in [0.25, 0.3) is 5.91 Å². The summed E-state index contributed by atoms with van der Waals surface area (Å²) in [5, 5.41) is -0.431. The summed E-state index contributed by atoms with van der Waals surface area (Å²) < 4.78 is 26.6. The van der Waals surface area contributed by atoms with E-state index in [1.807, 2.05) is 42.2 Å². The molecule has 1 heterocycles. The van der Waals surface area contributed by atoms with Gasteiger partial charge in [-0.15, -0.1) is 0 Å². The highest BCUT2D eigenvalue weighted by Crippen LogP contribution is 2.22. The smallest absolute Gasteiger partial charge is 0.253 e. The molecule has 1 aliphatic heterocycles. The SMILES string of the molecule is CC(CNS(=O)(=O)C(C)C)c1ccc(N2CCN(C(=O)c3ccccc3)CC2)cc1. The Balaban J connectivity index is 1.54. The molecule has 3 rings (SSSR count). The predicted molar refractivity (Wildman–Crippen MR) is 121 cm³/mol. The molecule has 1 saturated heterocycles. The highest BCUT2D eigenvalue weighted by molar-refractivity contribution is 7.90. The molecular formula is C23H31N3O3S. The van der Waals surface area contributed by atoms with Crippen LogP contribution in [0.5, 0.6) is 0 Å². The Morgan fingerprint density at radius 1 is 0.933 bits per heavy atom. The lowest BCUT2D eigenvalue weighted by atomic mass is 10.0. The van der Waals surface area contributed by atoms with Crippen molar-refractivity contribution in [2.75, 3.05) is 37.6 Å². The van der Waals surface area contributed by atoms with E-state index in [1.165, 1.54) is 0 Å². The molecular weight excluding hydrogens is 398 g/mol. The minimum absolute atomic E-state index is 0.0864. The van der Waals surface area contributed by atoms with Crippen LogP contribution in [-0.4, -0.2) is 57.2 Å². The monoisotopic (exact) mass is 429 g/mol. The molecule has 1 unspecified atom stereocenters. The van der Waals surface area contributed by atoms with Crippen molar-refractivity contribution in [3.05, 3.63) is 65.7 Å². The van der Waals surface area contributed by atoms with Gasteiger partial charge in [-0.05, 0) is 49.6 Å². The Labute approximate surface area is 179 Å². The number of benzene rings is 2. The number of hydrogen-bond donors (Lipinski definition) is 1. The van der Waals surface area contributed by atoms with Crippen LogP contribution in [0.4, 0.5) is 5.69 Å². The summed E-state index contributed by atoms with van der Waals surface area (Å²) in [6.07, 6.45) is 0. The molecule has 1 amide bonds. The van der Waals surface area contributed by atoms with Crippen molar-refractivity contribution in [2.45, 2.75) is 31.9 Å². The molecule has 7 heteroatoms. The van der Waals surface area contributed by atoms with Crippen LogP contribution in [-0.2, 0) is 10.0 Å². The molecule has 6 nitrogen and oxygen atoms in total. The van der Waals surface area contributed by atoms with Gasteiger partial charge < -0.3 is 9.80 Å². The van der Waals surface area contributed by atoms with Gasteiger partial charge in [0.1, 0.15) is 0 Å². The van der Waals surface area contributed by atoms with Crippen LogP contribution >= 0.6 is 0 Å². The van der Waals surface area contributed by atoms with Crippen molar-refractivity contribution >= 4 is 21.6 Å². The number of sulfonamides is 1. The average molecular weight is 430 g/mol. The van der Waals surface area contributed by atoms with Crippen LogP contribution in [0.25, 0.3) is 0 Å². The van der Waals surface area contributed by atoms with Gasteiger partial charge in [-0.25, -0.2) is 13.1 Å². The number of carbonyl (C=O) groups excluding carboxylic acids is 1. The van der Waals surface area contributed by atoms with Crippen LogP contribution in [0.15, 0.2) is 54.6 Å². The van der Waals surface area contributed by atoms with Crippen LogP contribution in [0.2, 0.25) is 0 Å². The largest absolute Gasteiger partial charge is 0.368 e. The molecule has 1 fully saturated rings. The molecule has 2 aromatic rings. The Kier molecular flexibility index (Phi) is 7.15. The van der Waals surface area contributed by atoms with E-state index in [9.17, 15) is 13.2 Å². The summed E-state index contributed by atoms with van der Waals surface area (Å²) in [7, 11) is -3.25. The van der Waals surface area contributed by atoms with Crippen molar-refractivity contribution in [1.82, 2.24) is 9.62 Å². The number of nitrogens with one attached hydrogen (secondary N) is 1. The highest BCUT2D eigenvalue weighted by Gasteiger charge is 2.22. The molecule has 1 aliphatic rings. The molecule has 0 bridgehead atoms. The fourth-order valence-corrected chi connectivity index (χ4v) is 4.29. The number of rotatable bonds is 7. The number of hydrogen-bond acceptors (Lipinski definition) is 4. The summed E-state index contributed by atoms with van der Waals surface area (Å²) in [4.78, 5) is 16.8. The number of nitrogens with zero attached hydrogens (tertiary/aromatic N) is 2. The van der Waals surface area contributed by atoms with E-state index in [1.54, 1.807) is 13.8 Å². The molecule has 0 aliphatic carbocycles. The third-order valence-electron chi connectivity index (χ3n) is 5.63. The van der Waals surface area contributed by atoms with Gasteiger partial charge in [0, 0.05) is 44.0 Å². The summed E-state index contributed by atoms with van der Waals surface area (Å²) in [5.74, 6) is 0.177. The Morgan fingerprint density at radius 3 is 2.10 bits per heavy atom. The van der Waals surface area contributed by atoms with Crippen molar-refractivity contribution in [1.29, 1.82) is 0 Å². The maximum Gasteiger partial charge on any atom is 0.253 e. The normalized spacial score (nSPS) is 16.0. The fraction of sp³-hybridized carbons (Fsp3) is 0.435. The van der Waals surface area contributed by atoms with Crippen LogP contribution in [0.1, 0.15) is 42.6 Å². The Bertz CT molecular complexity index is 935. The lowest BCUT2D eigenvalue weighted by molar-refractivity contribution is 0.0747. The van der Waals surface area contributed by atoms with Crippen LogP contribution < -0.4 is 9.62 Å². The minimum Gasteiger partial charge on any atom is -0.368 e. The van der Waals surface area contributed by atoms with E-state index in [-0.39, 0.29) is 11.8 Å². The first-order valence-corrected chi connectivity index (χ1v) is 12.0. The molecule has 0 spiro atoms. The second-order valence-corrected chi connectivity index (χ2v) is 10.4.